The van der Waals surface area contributed by atoms with Crippen LogP contribution in [0.1, 0.15) is 10.4 Å². The zero-order valence-electron chi connectivity index (χ0n) is 15.2. The number of hydrogen-bond donors (Lipinski definition) is 2. The van der Waals surface area contributed by atoms with Gasteiger partial charge in [0.2, 0.25) is 0 Å². The number of carbonyl (C=O) groups excluding carboxylic acids is 2. The highest BCUT2D eigenvalue weighted by Crippen LogP contribution is 2.26. The summed E-state index contributed by atoms with van der Waals surface area (Å²) in [4.78, 5) is 34.5. The SMILES string of the molecule is COCCNc1ccc(C(=O)OCC(=O)Nc2cc(Cl)ccc2F)cc1[N+](=O)[O-]. The summed E-state index contributed by atoms with van der Waals surface area (Å²) < 4.78 is 23.3. The molecule has 2 aromatic rings. The summed E-state index contributed by atoms with van der Waals surface area (Å²) in [5.74, 6) is -2.45. The van der Waals surface area contributed by atoms with Gasteiger partial charge in [-0.1, -0.05) is 11.6 Å². The molecule has 0 aliphatic heterocycles. The number of carbonyl (C=O) groups is 2. The smallest absolute Gasteiger partial charge is 0.338 e. The van der Waals surface area contributed by atoms with Gasteiger partial charge in [0.05, 0.1) is 22.8 Å². The van der Waals surface area contributed by atoms with Gasteiger partial charge in [0.1, 0.15) is 11.5 Å². The fraction of sp³-hybridized carbons (Fsp3) is 0.222. The van der Waals surface area contributed by atoms with Crippen molar-refractivity contribution in [2.75, 3.05) is 37.5 Å². The zero-order chi connectivity index (χ0) is 21.4. The van der Waals surface area contributed by atoms with Crippen LogP contribution in [0.2, 0.25) is 5.02 Å². The fourth-order valence-electron chi connectivity index (χ4n) is 2.24. The van der Waals surface area contributed by atoms with E-state index >= 15 is 0 Å². The second kappa shape index (κ2) is 10.3. The van der Waals surface area contributed by atoms with Crippen molar-refractivity contribution in [1.29, 1.82) is 0 Å². The largest absolute Gasteiger partial charge is 0.452 e. The van der Waals surface area contributed by atoms with Crippen LogP contribution in [0.5, 0.6) is 0 Å². The molecule has 9 nitrogen and oxygen atoms in total. The molecule has 0 saturated heterocycles. The van der Waals surface area contributed by atoms with E-state index in [1.54, 1.807) is 0 Å². The number of amides is 1. The Labute approximate surface area is 169 Å². The highest BCUT2D eigenvalue weighted by atomic mass is 35.5. The number of anilines is 2. The number of esters is 1. The Balaban J connectivity index is 2.00. The number of rotatable bonds is 9. The molecule has 2 aromatic carbocycles. The van der Waals surface area contributed by atoms with E-state index in [2.05, 4.69) is 10.6 Å². The van der Waals surface area contributed by atoms with Crippen molar-refractivity contribution in [3.8, 4) is 0 Å². The van der Waals surface area contributed by atoms with Gasteiger partial charge in [-0.3, -0.25) is 14.9 Å². The molecule has 0 aliphatic rings. The van der Waals surface area contributed by atoms with E-state index in [0.29, 0.717) is 13.2 Å². The molecule has 29 heavy (non-hydrogen) atoms. The molecule has 2 N–H and O–H groups in total. The molecule has 0 unspecified atom stereocenters. The number of benzene rings is 2. The van der Waals surface area contributed by atoms with Crippen LogP contribution >= 0.6 is 11.6 Å². The minimum atomic E-state index is -0.946. The molecular formula is C18H17ClFN3O6. The summed E-state index contributed by atoms with van der Waals surface area (Å²) in [6, 6.07) is 7.30. The molecule has 1 amide bonds. The maximum Gasteiger partial charge on any atom is 0.338 e. The van der Waals surface area contributed by atoms with Gasteiger partial charge in [-0.25, -0.2) is 9.18 Å². The lowest BCUT2D eigenvalue weighted by Crippen LogP contribution is -2.21. The van der Waals surface area contributed by atoms with Crippen LogP contribution in [0.3, 0.4) is 0 Å². The molecule has 0 bridgehead atoms. The molecule has 0 saturated carbocycles. The Morgan fingerprint density at radius 3 is 2.66 bits per heavy atom. The van der Waals surface area contributed by atoms with Crippen molar-refractivity contribution < 1.29 is 28.4 Å². The molecule has 0 heterocycles. The quantitative estimate of drug-likeness (QED) is 0.274. The number of methoxy groups -OCH3 is 1. The van der Waals surface area contributed by atoms with Crippen LogP contribution in [0, 0.1) is 15.9 Å². The molecular weight excluding hydrogens is 409 g/mol. The van der Waals surface area contributed by atoms with E-state index in [0.717, 1.165) is 12.1 Å². The summed E-state index contributed by atoms with van der Waals surface area (Å²) in [6.45, 7) is -0.0446. The van der Waals surface area contributed by atoms with Crippen molar-refractivity contribution in [1.82, 2.24) is 0 Å². The summed E-state index contributed by atoms with van der Waals surface area (Å²) in [6.07, 6.45) is 0. The highest BCUT2D eigenvalue weighted by Gasteiger charge is 2.19. The number of nitro groups is 1. The van der Waals surface area contributed by atoms with Gasteiger partial charge in [-0.2, -0.15) is 0 Å². The number of nitrogens with one attached hydrogen (secondary N) is 2. The van der Waals surface area contributed by atoms with Gasteiger partial charge in [-0.15, -0.1) is 0 Å². The molecule has 0 radical (unpaired) electrons. The summed E-state index contributed by atoms with van der Waals surface area (Å²) in [5, 5.41) is 16.5. The monoisotopic (exact) mass is 425 g/mol. The van der Waals surface area contributed by atoms with E-state index < -0.39 is 29.2 Å². The topological polar surface area (TPSA) is 120 Å². The Hall–Kier alpha value is -3.24. The number of nitro benzene ring substituents is 1. The molecule has 2 rings (SSSR count). The number of nitrogens with zero attached hydrogens (tertiary/aromatic N) is 1. The first-order valence-corrected chi connectivity index (χ1v) is 8.63. The Morgan fingerprint density at radius 2 is 1.97 bits per heavy atom. The number of halogens is 2. The predicted molar refractivity (Wildman–Crippen MR) is 104 cm³/mol. The van der Waals surface area contributed by atoms with Crippen molar-refractivity contribution in [3.63, 3.8) is 0 Å². The summed E-state index contributed by atoms with van der Waals surface area (Å²) >= 11 is 5.73. The van der Waals surface area contributed by atoms with Crippen molar-refractivity contribution >= 4 is 40.5 Å². The average Bonchev–Trinajstić information content (AvgIpc) is 2.69. The first-order valence-electron chi connectivity index (χ1n) is 8.25. The van der Waals surface area contributed by atoms with Crippen molar-refractivity contribution in [2.45, 2.75) is 0 Å². The van der Waals surface area contributed by atoms with Crippen LogP contribution in [-0.2, 0) is 14.3 Å². The zero-order valence-corrected chi connectivity index (χ0v) is 16.0. The summed E-state index contributed by atoms with van der Waals surface area (Å²) in [7, 11) is 1.49. The van der Waals surface area contributed by atoms with Crippen LogP contribution in [0.25, 0.3) is 0 Å². The number of ether oxygens (including phenoxy) is 2. The van der Waals surface area contributed by atoms with E-state index in [1.165, 1.54) is 31.4 Å². The predicted octanol–water partition coefficient (Wildman–Crippen LogP) is 3.24. The minimum absolute atomic E-state index is 0.115. The van der Waals surface area contributed by atoms with Crippen molar-refractivity contribution in [2.24, 2.45) is 0 Å². The minimum Gasteiger partial charge on any atom is -0.452 e. The van der Waals surface area contributed by atoms with Crippen molar-refractivity contribution in [3.05, 3.63) is 62.9 Å². The van der Waals surface area contributed by atoms with Crippen LogP contribution < -0.4 is 10.6 Å². The first kappa shape index (κ1) is 22.1. The van der Waals surface area contributed by atoms with Gasteiger partial charge >= 0.3 is 5.97 Å². The molecule has 0 atom stereocenters. The van der Waals surface area contributed by atoms with Crippen LogP contribution in [0.4, 0.5) is 21.5 Å². The normalized spacial score (nSPS) is 10.3. The molecule has 0 aliphatic carbocycles. The van der Waals surface area contributed by atoms with E-state index in [-0.39, 0.29) is 27.6 Å². The van der Waals surface area contributed by atoms with E-state index in [4.69, 9.17) is 21.1 Å². The summed E-state index contributed by atoms with van der Waals surface area (Å²) in [5.41, 5.74) is -0.407. The first-order chi connectivity index (χ1) is 13.8. The van der Waals surface area contributed by atoms with Gasteiger partial charge in [0, 0.05) is 24.7 Å². The van der Waals surface area contributed by atoms with Gasteiger partial charge in [0.15, 0.2) is 6.61 Å². The maximum atomic E-state index is 13.6. The van der Waals surface area contributed by atoms with Crippen LogP contribution in [-0.4, -0.2) is 43.7 Å². The highest BCUT2D eigenvalue weighted by molar-refractivity contribution is 6.30. The second-order valence-electron chi connectivity index (χ2n) is 5.66. The third-order valence-electron chi connectivity index (χ3n) is 3.59. The maximum absolute atomic E-state index is 13.6. The van der Waals surface area contributed by atoms with Gasteiger partial charge < -0.3 is 20.1 Å². The van der Waals surface area contributed by atoms with Crippen LogP contribution in [0.15, 0.2) is 36.4 Å². The third-order valence-corrected chi connectivity index (χ3v) is 3.82. The second-order valence-corrected chi connectivity index (χ2v) is 6.09. The van der Waals surface area contributed by atoms with Gasteiger partial charge in [-0.05, 0) is 30.3 Å². The van der Waals surface area contributed by atoms with E-state index in [1.807, 2.05) is 0 Å². The average molecular weight is 426 g/mol. The fourth-order valence-corrected chi connectivity index (χ4v) is 2.41. The lowest BCUT2D eigenvalue weighted by atomic mass is 10.1. The molecule has 0 spiro atoms. The van der Waals surface area contributed by atoms with Gasteiger partial charge in [0.25, 0.3) is 11.6 Å². The molecule has 11 heteroatoms. The molecule has 154 valence electrons. The third kappa shape index (κ3) is 6.40. The lowest BCUT2D eigenvalue weighted by Gasteiger charge is -2.09. The standard InChI is InChI=1S/C18H17ClFN3O6/c1-28-7-6-21-14-5-2-11(8-16(14)23(26)27)18(25)29-10-17(24)22-15-9-12(19)3-4-13(15)20/h2-5,8-9,21H,6-7,10H2,1H3,(H,22,24). The Kier molecular flexibility index (Phi) is 7.87. The molecule has 0 aromatic heterocycles. The lowest BCUT2D eigenvalue weighted by molar-refractivity contribution is -0.384. The molecule has 0 fully saturated rings. The number of hydrogen-bond acceptors (Lipinski definition) is 7. The Morgan fingerprint density at radius 1 is 1.21 bits per heavy atom. The Bertz CT molecular complexity index is 924. The van der Waals surface area contributed by atoms with E-state index in [9.17, 15) is 24.1 Å².